The van der Waals surface area contributed by atoms with Gasteiger partial charge in [-0.3, -0.25) is 9.59 Å². The number of amides is 3. The van der Waals surface area contributed by atoms with Gasteiger partial charge in [-0.15, -0.1) is 0 Å². The number of nitrogens with zero attached hydrogens (tertiary/aromatic N) is 2. The molecule has 3 rings (SSSR count). The molecule has 0 atom stereocenters. The zero-order chi connectivity index (χ0) is 21.3. The number of rotatable bonds is 7. The first kappa shape index (κ1) is 20.8. The summed E-state index contributed by atoms with van der Waals surface area (Å²) in [4.78, 5) is 37.1. The van der Waals surface area contributed by atoms with E-state index in [2.05, 4.69) is 20.8 Å². The molecule has 0 fully saturated rings. The summed E-state index contributed by atoms with van der Waals surface area (Å²) in [7, 11) is 1.71. The molecule has 2 aromatic carbocycles. The molecule has 0 saturated heterocycles. The number of hydrogen-bond acceptors (Lipinski definition) is 4. The second kappa shape index (κ2) is 10.0. The summed E-state index contributed by atoms with van der Waals surface area (Å²) in [5.41, 5.74) is 2.72. The normalized spacial score (nSPS) is 10.3. The lowest BCUT2D eigenvalue weighted by molar-refractivity contribution is -0.116. The van der Waals surface area contributed by atoms with Crippen molar-refractivity contribution in [1.29, 1.82) is 0 Å². The average Bonchev–Trinajstić information content (AvgIpc) is 2.75. The fourth-order valence-corrected chi connectivity index (χ4v) is 2.83. The van der Waals surface area contributed by atoms with Crippen LogP contribution < -0.4 is 16.2 Å². The van der Waals surface area contributed by atoms with Crippen LogP contribution in [0.3, 0.4) is 0 Å². The number of urea groups is 1. The van der Waals surface area contributed by atoms with Crippen LogP contribution in [0.5, 0.6) is 0 Å². The molecule has 0 aliphatic carbocycles. The average molecular weight is 405 g/mol. The van der Waals surface area contributed by atoms with Crippen molar-refractivity contribution >= 4 is 17.6 Å². The zero-order valence-electron chi connectivity index (χ0n) is 16.6. The number of nitrogens with one attached hydrogen (secondary N) is 3. The van der Waals surface area contributed by atoms with Crippen LogP contribution in [0.4, 0.5) is 10.5 Å². The van der Waals surface area contributed by atoms with Gasteiger partial charge in [0.2, 0.25) is 5.91 Å². The van der Waals surface area contributed by atoms with Gasteiger partial charge in [0, 0.05) is 43.9 Å². The van der Waals surface area contributed by atoms with Crippen LogP contribution >= 0.6 is 0 Å². The van der Waals surface area contributed by atoms with Crippen LogP contribution in [-0.2, 0) is 11.3 Å². The Hall–Kier alpha value is -3.94. The highest BCUT2D eigenvalue weighted by molar-refractivity contribution is 5.91. The second-order valence-corrected chi connectivity index (χ2v) is 6.76. The lowest BCUT2D eigenvalue weighted by Crippen LogP contribution is -2.38. The molecule has 1 aromatic heterocycles. The number of carbonyl (C=O) groups is 2. The summed E-state index contributed by atoms with van der Waals surface area (Å²) in [6.45, 7) is 0.718. The van der Waals surface area contributed by atoms with E-state index in [1.54, 1.807) is 36.2 Å². The van der Waals surface area contributed by atoms with E-state index in [-0.39, 0.29) is 30.5 Å². The van der Waals surface area contributed by atoms with Crippen molar-refractivity contribution in [1.82, 2.24) is 20.4 Å². The van der Waals surface area contributed by atoms with Gasteiger partial charge in [-0.25, -0.2) is 9.89 Å². The highest BCUT2D eigenvalue weighted by Gasteiger charge is 2.10. The van der Waals surface area contributed by atoms with Crippen molar-refractivity contribution < 1.29 is 9.59 Å². The third-order valence-electron chi connectivity index (χ3n) is 4.36. The van der Waals surface area contributed by atoms with E-state index in [1.165, 1.54) is 6.07 Å². The molecule has 8 nitrogen and oxygen atoms in total. The molecule has 8 heteroatoms. The highest BCUT2D eigenvalue weighted by atomic mass is 16.2. The smallest absolute Gasteiger partial charge is 0.317 e. The van der Waals surface area contributed by atoms with Gasteiger partial charge in [0.15, 0.2) is 0 Å². The Balaban J connectivity index is 1.46. The third kappa shape index (κ3) is 6.03. The minimum atomic E-state index is -0.278. The molecule has 3 N–H and O–H groups in total. The maximum atomic E-state index is 12.2. The van der Waals surface area contributed by atoms with Gasteiger partial charge < -0.3 is 15.5 Å². The van der Waals surface area contributed by atoms with Crippen LogP contribution in [0.2, 0.25) is 0 Å². The van der Waals surface area contributed by atoms with Gasteiger partial charge in [-0.05, 0) is 23.8 Å². The molecule has 0 aliphatic heterocycles. The molecule has 30 heavy (non-hydrogen) atoms. The van der Waals surface area contributed by atoms with E-state index < -0.39 is 0 Å². The Morgan fingerprint density at radius 3 is 2.57 bits per heavy atom. The fourth-order valence-electron chi connectivity index (χ4n) is 2.83. The largest absolute Gasteiger partial charge is 0.337 e. The van der Waals surface area contributed by atoms with E-state index >= 15 is 0 Å². The summed E-state index contributed by atoms with van der Waals surface area (Å²) < 4.78 is 0. The Labute approximate surface area is 173 Å². The van der Waals surface area contributed by atoms with Gasteiger partial charge in [0.05, 0.1) is 5.69 Å². The van der Waals surface area contributed by atoms with Crippen molar-refractivity contribution in [3.63, 3.8) is 0 Å². The van der Waals surface area contributed by atoms with E-state index in [0.29, 0.717) is 17.9 Å². The zero-order valence-corrected chi connectivity index (χ0v) is 16.6. The van der Waals surface area contributed by atoms with Crippen molar-refractivity contribution in [2.45, 2.75) is 13.0 Å². The van der Waals surface area contributed by atoms with Gasteiger partial charge in [-0.2, -0.15) is 5.10 Å². The van der Waals surface area contributed by atoms with Gasteiger partial charge >= 0.3 is 6.03 Å². The van der Waals surface area contributed by atoms with Crippen LogP contribution in [-0.4, -0.2) is 40.6 Å². The minimum absolute atomic E-state index is 0.145. The summed E-state index contributed by atoms with van der Waals surface area (Å²) >= 11 is 0. The number of aromatic nitrogens is 2. The minimum Gasteiger partial charge on any atom is -0.337 e. The number of H-pyrrole nitrogens is 1. The molecule has 3 aromatic rings. The SMILES string of the molecule is CN(Cc1ccccc1)C(=O)NCCC(=O)Nc1cccc(-c2ccc(=O)[nH]n2)c1. The number of hydrogen-bond donors (Lipinski definition) is 3. The van der Waals surface area contributed by atoms with Crippen LogP contribution in [0.15, 0.2) is 71.5 Å². The molecule has 0 spiro atoms. The van der Waals surface area contributed by atoms with Crippen molar-refractivity contribution in [3.05, 3.63) is 82.6 Å². The van der Waals surface area contributed by atoms with Gasteiger partial charge in [0.1, 0.15) is 0 Å². The fraction of sp³-hybridized carbons (Fsp3) is 0.182. The summed E-state index contributed by atoms with van der Waals surface area (Å²) in [5, 5.41) is 11.9. The predicted molar refractivity (Wildman–Crippen MR) is 115 cm³/mol. The summed E-state index contributed by atoms with van der Waals surface area (Å²) in [6.07, 6.45) is 0.145. The topological polar surface area (TPSA) is 107 Å². The Kier molecular flexibility index (Phi) is 6.94. The monoisotopic (exact) mass is 405 g/mol. The van der Waals surface area contributed by atoms with Gasteiger partial charge in [0.25, 0.3) is 5.56 Å². The Bertz CT molecular complexity index is 1050. The Morgan fingerprint density at radius 1 is 1.03 bits per heavy atom. The summed E-state index contributed by atoms with van der Waals surface area (Å²) in [5.74, 6) is -0.215. The first-order chi connectivity index (χ1) is 14.5. The van der Waals surface area contributed by atoms with Crippen LogP contribution in [0, 0.1) is 0 Å². The van der Waals surface area contributed by atoms with E-state index in [0.717, 1.165) is 11.1 Å². The van der Waals surface area contributed by atoms with Crippen LogP contribution in [0.1, 0.15) is 12.0 Å². The van der Waals surface area contributed by atoms with E-state index in [1.807, 2.05) is 36.4 Å². The molecular formula is C22H23N5O3. The number of anilines is 1. The van der Waals surface area contributed by atoms with E-state index in [9.17, 15) is 14.4 Å². The van der Waals surface area contributed by atoms with Crippen molar-refractivity contribution in [2.24, 2.45) is 0 Å². The van der Waals surface area contributed by atoms with Gasteiger partial charge in [-0.1, -0.05) is 42.5 Å². The van der Waals surface area contributed by atoms with Crippen LogP contribution in [0.25, 0.3) is 11.3 Å². The Morgan fingerprint density at radius 2 is 1.83 bits per heavy atom. The first-order valence-corrected chi connectivity index (χ1v) is 9.50. The number of carbonyl (C=O) groups excluding carboxylic acids is 2. The molecule has 3 amide bonds. The van der Waals surface area contributed by atoms with E-state index in [4.69, 9.17) is 0 Å². The molecule has 154 valence electrons. The molecule has 0 bridgehead atoms. The number of benzene rings is 2. The molecule has 0 radical (unpaired) electrons. The van der Waals surface area contributed by atoms with Crippen molar-refractivity contribution in [3.8, 4) is 11.3 Å². The predicted octanol–water partition coefficient (Wildman–Crippen LogP) is 2.61. The maximum absolute atomic E-state index is 12.2. The summed E-state index contributed by atoms with van der Waals surface area (Å²) in [6, 6.07) is 19.6. The molecule has 0 unspecified atom stereocenters. The lowest BCUT2D eigenvalue weighted by Gasteiger charge is -2.18. The molecule has 0 saturated carbocycles. The first-order valence-electron chi connectivity index (χ1n) is 9.50. The molecule has 1 heterocycles. The molecular weight excluding hydrogens is 382 g/mol. The third-order valence-corrected chi connectivity index (χ3v) is 4.36. The lowest BCUT2D eigenvalue weighted by atomic mass is 10.1. The maximum Gasteiger partial charge on any atom is 0.317 e. The number of aromatic amines is 1. The van der Waals surface area contributed by atoms with Crippen molar-refractivity contribution in [2.75, 3.05) is 18.9 Å². The quantitative estimate of drug-likeness (QED) is 0.562. The second-order valence-electron chi connectivity index (χ2n) is 6.76. The highest BCUT2D eigenvalue weighted by Crippen LogP contribution is 2.19. The standard InChI is InChI=1S/C22H23N5O3/c1-27(15-16-6-3-2-4-7-16)22(30)23-13-12-20(28)24-18-9-5-8-17(14-18)19-10-11-21(29)26-25-19/h2-11,14H,12-13,15H2,1H3,(H,23,30)(H,24,28)(H,26,29). The molecule has 0 aliphatic rings.